The van der Waals surface area contributed by atoms with Gasteiger partial charge in [-0.25, -0.2) is 13.4 Å². The molecule has 0 spiro atoms. The number of nitrogens with one attached hydrogen (secondary N) is 1. The van der Waals surface area contributed by atoms with E-state index in [1.165, 1.54) is 23.5 Å². The number of rotatable bonds is 4. The van der Waals surface area contributed by atoms with Crippen molar-refractivity contribution in [2.75, 3.05) is 5.73 Å². The molecule has 0 aliphatic rings. The fourth-order valence-corrected chi connectivity index (χ4v) is 4.68. The summed E-state index contributed by atoms with van der Waals surface area (Å²) in [6, 6.07) is 2.93. The van der Waals surface area contributed by atoms with Crippen LogP contribution in [0, 0.1) is 6.92 Å². The molecule has 114 valence electrons. The highest BCUT2D eigenvalue weighted by atomic mass is 35.5. The third-order valence-corrected chi connectivity index (χ3v) is 6.11. The van der Waals surface area contributed by atoms with Crippen LogP contribution in [-0.2, 0) is 15.6 Å². The van der Waals surface area contributed by atoms with E-state index in [1.807, 2.05) is 0 Å². The number of thiazole rings is 1. The predicted octanol–water partition coefficient (Wildman–Crippen LogP) is 2.90. The van der Waals surface area contributed by atoms with Gasteiger partial charge in [0.15, 0.2) is 0 Å². The Kier molecular flexibility index (Phi) is 4.30. The number of hydrogen-bond donors (Lipinski definition) is 2. The molecular weight excluding hydrogens is 330 g/mol. The zero-order chi connectivity index (χ0) is 15.8. The average Bonchev–Trinajstić information content (AvgIpc) is 2.86. The first-order valence-corrected chi connectivity index (χ1v) is 8.87. The lowest BCUT2D eigenvalue weighted by Crippen LogP contribution is -2.41. The first kappa shape index (κ1) is 16.2. The van der Waals surface area contributed by atoms with E-state index < -0.39 is 15.6 Å². The van der Waals surface area contributed by atoms with Crippen LogP contribution in [0.1, 0.15) is 24.4 Å². The predicted molar refractivity (Wildman–Crippen MR) is 86.1 cm³/mol. The first-order chi connectivity index (χ1) is 9.63. The Morgan fingerprint density at radius 1 is 1.38 bits per heavy atom. The lowest BCUT2D eigenvalue weighted by atomic mass is 10.1. The number of sulfonamides is 1. The number of hydrogen-bond acceptors (Lipinski definition) is 5. The van der Waals surface area contributed by atoms with E-state index in [0.717, 1.165) is 0 Å². The van der Waals surface area contributed by atoms with Crippen LogP contribution in [0.3, 0.4) is 0 Å². The lowest BCUT2D eigenvalue weighted by Gasteiger charge is -2.24. The highest BCUT2D eigenvalue weighted by Crippen LogP contribution is 2.29. The van der Waals surface area contributed by atoms with Crippen LogP contribution < -0.4 is 10.5 Å². The molecule has 8 heteroatoms. The standard InChI is InChI=1S/C13H16ClN3O2S2/c1-8-10(15)6-9(14)7-11(8)21(18,19)17-13(2,3)12-16-4-5-20-12/h4-7,17H,15H2,1-3H3. The van der Waals surface area contributed by atoms with Crippen molar-refractivity contribution in [3.05, 3.63) is 39.3 Å². The smallest absolute Gasteiger partial charge is 0.241 e. The van der Waals surface area contributed by atoms with Gasteiger partial charge in [0.1, 0.15) is 5.01 Å². The van der Waals surface area contributed by atoms with E-state index in [4.69, 9.17) is 17.3 Å². The van der Waals surface area contributed by atoms with Gasteiger partial charge in [0.05, 0.1) is 10.4 Å². The minimum Gasteiger partial charge on any atom is -0.398 e. The monoisotopic (exact) mass is 345 g/mol. The van der Waals surface area contributed by atoms with Gasteiger partial charge in [-0.05, 0) is 38.5 Å². The maximum atomic E-state index is 12.6. The van der Waals surface area contributed by atoms with E-state index in [-0.39, 0.29) is 9.92 Å². The molecule has 0 unspecified atom stereocenters. The second-order valence-electron chi connectivity index (χ2n) is 5.19. The van der Waals surface area contributed by atoms with E-state index >= 15 is 0 Å². The minimum atomic E-state index is -3.77. The molecule has 0 amide bonds. The van der Waals surface area contributed by atoms with Gasteiger partial charge in [-0.3, -0.25) is 0 Å². The molecule has 5 nitrogen and oxygen atoms in total. The highest BCUT2D eigenvalue weighted by molar-refractivity contribution is 7.89. The number of nitrogen functional groups attached to an aromatic ring is 1. The van der Waals surface area contributed by atoms with Crippen LogP contribution in [0.4, 0.5) is 5.69 Å². The average molecular weight is 346 g/mol. The molecule has 3 N–H and O–H groups in total. The highest BCUT2D eigenvalue weighted by Gasteiger charge is 2.31. The zero-order valence-corrected chi connectivity index (χ0v) is 14.2. The van der Waals surface area contributed by atoms with Crippen molar-refractivity contribution in [2.24, 2.45) is 0 Å². The van der Waals surface area contributed by atoms with Gasteiger partial charge in [0.2, 0.25) is 10.0 Å². The van der Waals surface area contributed by atoms with Crippen molar-refractivity contribution >= 4 is 38.6 Å². The Morgan fingerprint density at radius 3 is 2.62 bits per heavy atom. The number of halogens is 1. The van der Waals surface area contributed by atoms with Gasteiger partial charge in [-0.1, -0.05) is 11.6 Å². The first-order valence-electron chi connectivity index (χ1n) is 6.13. The largest absolute Gasteiger partial charge is 0.398 e. The molecule has 1 heterocycles. The summed E-state index contributed by atoms with van der Waals surface area (Å²) < 4.78 is 27.9. The zero-order valence-electron chi connectivity index (χ0n) is 11.8. The normalized spacial score (nSPS) is 12.6. The quantitative estimate of drug-likeness (QED) is 0.834. The van der Waals surface area contributed by atoms with E-state index in [1.54, 1.807) is 32.3 Å². The SMILES string of the molecule is Cc1c(N)cc(Cl)cc1S(=O)(=O)NC(C)(C)c1nccs1. The summed E-state index contributed by atoms with van der Waals surface area (Å²) in [7, 11) is -3.77. The van der Waals surface area contributed by atoms with Crippen LogP contribution in [0.5, 0.6) is 0 Å². The van der Waals surface area contributed by atoms with Gasteiger partial charge >= 0.3 is 0 Å². The van der Waals surface area contributed by atoms with E-state index in [2.05, 4.69) is 9.71 Å². The molecule has 2 aromatic rings. The second-order valence-corrected chi connectivity index (χ2v) is 8.17. The molecule has 21 heavy (non-hydrogen) atoms. The second kappa shape index (κ2) is 5.57. The van der Waals surface area contributed by atoms with Crippen LogP contribution in [-0.4, -0.2) is 13.4 Å². The van der Waals surface area contributed by atoms with Gasteiger partial charge in [0.25, 0.3) is 0 Å². The molecule has 0 bridgehead atoms. The van der Waals surface area contributed by atoms with Crippen molar-refractivity contribution in [2.45, 2.75) is 31.2 Å². The topological polar surface area (TPSA) is 85.1 Å². The molecule has 0 saturated carbocycles. The maximum Gasteiger partial charge on any atom is 0.241 e. The van der Waals surface area contributed by atoms with Crippen molar-refractivity contribution in [1.82, 2.24) is 9.71 Å². The Balaban J connectivity index is 2.44. The summed E-state index contributed by atoms with van der Waals surface area (Å²) in [5.41, 5.74) is 5.78. The number of aromatic nitrogens is 1. The van der Waals surface area contributed by atoms with E-state index in [0.29, 0.717) is 16.3 Å². The molecule has 1 aromatic carbocycles. The van der Waals surface area contributed by atoms with Crippen LogP contribution in [0.2, 0.25) is 5.02 Å². The molecule has 0 aliphatic carbocycles. The van der Waals surface area contributed by atoms with Crippen molar-refractivity contribution in [1.29, 1.82) is 0 Å². The molecule has 0 radical (unpaired) electrons. The fourth-order valence-electron chi connectivity index (χ4n) is 1.92. The van der Waals surface area contributed by atoms with Crippen LogP contribution >= 0.6 is 22.9 Å². The van der Waals surface area contributed by atoms with Crippen LogP contribution in [0.15, 0.2) is 28.6 Å². The third-order valence-electron chi connectivity index (χ3n) is 3.01. The summed E-state index contributed by atoms with van der Waals surface area (Å²) in [6.45, 7) is 5.16. The minimum absolute atomic E-state index is 0.0807. The van der Waals surface area contributed by atoms with Crippen molar-refractivity contribution in [3.8, 4) is 0 Å². The Morgan fingerprint density at radius 2 is 2.05 bits per heavy atom. The van der Waals surface area contributed by atoms with Crippen LogP contribution in [0.25, 0.3) is 0 Å². The number of benzene rings is 1. The molecule has 1 aromatic heterocycles. The maximum absolute atomic E-state index is 12.6. The molecule has 0 fully saturated rings. The number of nitrogens with two attached hydrogens (primary N) is 1. The van der Waals surface area contributed by atoms with Gasteiger partial charge < -0.3 is 5.73 Å². The molecule has 0 saturated heterocycles. The van der Waals surface area contributed by atoms with Gasteiger partial charge in [-0.15, -0.1) is 11.3 Å². The van der Waals surface area contributed by atoms with Crippen molar-refractivity contribution < 1.29 is 8.42 Å². The van der Waals surface area contributed by atoms with Gasteiger partial charge in [-0.2, -0.15) is 4.72 Å². The molecular formula is C13H16ClN3O2S2. The molecule has 2 rings (SSSR count). The lowest BCUT2D eigenvalue weighted by molar-refractivity contribution is 0.469. The van der Waals surface area contributed by atoms with Gasteiger partial charge in [0, 0.05) is 22.3 Å². The Labute approximate surface area is 133 Å². The number of nitrogens with zero attached hydrogens (tertiary/aromatic N) is 1. The van der Waals surface area contributed by atoms with E-state index in [9.17, 15) is 8.42 Å². The molecule has 0 atom stereocenters. The fraction of sp³-hybridized carbons (Fsp3) is 0.308. The summed E-state index contributed by atoms with van der Waals surface area (Å²) in [6.07, 6.45) is 1.64. The Hall–Kier alpha value is -1.15. The van der Waals surface area contributed by atoms with Crippen molar-refractivity contribution in [3.63, 3.8) is 0 Å². The number of anilines is 1. The Bertz CT molecular complexity index is 756. The third kappa shape index (κ3) is 3.37. The summed E-state index contributed by atoms with van der Waals surface area (Å²) in [4.78, 5) is 4.24. The summed E-state index contributed by atoms with van der Waals surface area (Å²) >= 11 is 7.30. The summed E-state index contributed by atoms with van der Waals surface area (Å²) in [5.74, 6) is 0. The molecule has 0 aliphatic heterocycles. The summed E-state index contributed by atoms with van der Waals surface area (Å²) in [5, 5.41) is 2.76.